The lowest BCUT2D eigenvalue weighted by Gasteiger charge is -2.35. The number of nitrogens with zero attached hydrogens (tertiary/aromatic N) is 7. The van der Waals surface area contributed by atoms with Crippen LogP contribution >= 0.6 is 0 Å². The van der Waals surface area contributed by atoms with Gasteiger partial charge < -0.3 is 34.8 Å². The Bertz CT molecular complexity index is 1100. The number of aryl methyl sites for hydroxylation is 1. The van der Waals surface area contributed by atoms with Crippen molar-refractivity contribution < 1.29 is 19.4 Å². The first-order valence-corrected chi connectivity index (χ1v) is 14.2. The van der Waals surface area contributed by atoms with E-state index in [1.165, 1.54) is 0 Å². The van der Waals surface area contributed by atoms with Crippen molar-refractivity contribution in [1.29, 1.82) is 0 Å². The summed E-state index contributed by atoms with van der Waals surface area (Å²) in [5, 5.41) is 21.1. The Morgan fingerprint density at radius 3 is 2.62 bits per heavy atom. The number of rotatable bonds is 6. The van der Waals surface area contributed by atoms with Crippen LogP contribution in [-0.4, -0.2) is 119 Å². The van der Waals surface area contributed by atoms with Gasteiger partial charge in [-0.25, -0.2) is 4.79 Å². The van der Waals surface area contributed by atoms with Gasteiger partial charge in [0, 0.05) is 76.6 Å². The Balaban J connectivity index is 1.41. The number of hydrogen-bond acceptors (Lipinski definition) is 8. The first kappa shape index (κ1) is 29.8. The lowest BCUT2D eigenvalue weighted by Crippen LogP contribution is -2.48. The van der Waals surface area contributed by atoms with E-state index in [1.54, 1.807) is 21.5 Å². The predicted octanol–water partition coefficient (Wildman–Crippen LogP) is 1.72. The van der Waals surface area contributed by atoms with Crippen LogP contribution in [0.5, 0.6) is 0 Å². The van der Waals surface area contributed by atoms with Gasteiger partial charge >= 0.3 is 6.03 Å². The normalized spacial score (nSPS) is 22.2. The fraction of sp³-hybridized carbons (Fsp3) is 0.643. The van der Waals surface area contributed by atoms with Crippen molar-refractivity contribution in [3.63, 3.8) is 0 Å². The quantitative estimate of drug-likeness (QED) is 0.552. The van der Waals surface area contributed by atoms with Crippen molar-refractivity contribution in [3.8, 4) is 0 Å². The molecule has 0 aliphatic carbocycles. The fourth-order valence-electron chi connectivity index (χ4n) is 5.09. The van der Waals surface area contributed by atoms with E-state index in [4.69, 9.17) is 4.74 Å². The van der Waals surface area contributed by atoms with Crippen LogP contribution in [0.15, 0.2) is 30.5 Å². The Labute approximate surface area is 236 Å². The number of urea groups is 1. The molecule has 3 heterocycles. The number of fused-ring (bicyclic) bond motifs is 2. The molecule has 0 saturated carbocycles. The zero-order valence-corrected chi connectivity index (χ0v) is 24.2. The molecule has 0 spiro atoms. The van der Waals surface area contributed by atoms with Gasteiger partial charge in [-0.15, -0.1) is 5.10 Å². The minimum absolute atomic E-state index is 0.0159. The third kappa shape index (κ3) is 7.92. The number of hydrogen-bond donors (Lipinski definition) is 2. The van der Waals surface area contributed by atoms with Gasteiger partial charge in [-0.05, 0) is 44.7 Å². The molecule has 220 valence electrons. The van der Waals surface area contributed by atoms with Gasteiger partial charge in [0.1, 0.15) is 5.69 Å². The van der Waals surface area contributed by atoms with Gasteiger partial charge in [0.05, 0.1) is 31.6 Å². The number of benzene rings is 1. The summed E-state index contributed by atoms with van der Waals surface area (Å²) in [5.74, 6) is -0.121. The van der Waals surface area contributed by atoms with Crippen molar-refractivity contribution >= 4 is 23.3 Å². The first-order chi connectivity index (χ1) is 19.2. The second-order valence-electron chi connectivity index (χ2n) is 11.1. The minimum Gasteiger partial charge on any atom is -0.394 e. The topological polar surface area (TPSA) is 119 Å². The summed E-state index contributed by atoms with van der Waals surface area (Å²) < 4.78 is 8.00. The van der Waals surface area contributed by atoms with E-state index in [9.17, 15) is 14.7 Å². The van der Waals surface area contributed by atoms with Crippen LogP contribution in [0.3, 0.4) is 0 Å². The molecular formula is C28H44N8O4. The number of aromatic nitrogens is 3. The van der Waals surface area contributed by atoms with Gasteiger partial charge in [-0.2, -0.15) is 0 Å². The van der Waals surface area contributed by atoms with Gasteiger partial charge in [0.15, 0.2) is 0 Å². The molecule has 4 rings (SSSR count). The molecule has 3 atom stereocenters. The summed E-state index contributed by atoms with van der Waals surface area (Å²) >= 11 is 0. The first-order valence-electron chi connectivity index (χ1n) is 14.2. The predicted molar refractivity (Wildman–Crippen MR) is 153 cm³/mol. The highest BCUT2D eigenvalue weighted by Gasteiger charge is 2.29. The maximum Gasteiger partial charge on any atom is 0.321 e. The van der Waals surface area contributed by atoms with Crippen molar-refractivity contribution in [3.05, 3.63) is 36.2 Å². The number of carbonyl (C=O) groups is 2. The zero-order chi connectivity index (χ0) is 28.6. The van der Waals surface area contributed by atoms with E-state index in [0.29, 0.717) is 38.2 Å². The number of piperazine rings is 1. The van der Waals surface area contributed by atoms with E-state index in [0.717, 1.165) is 37.6 Å². The summed E-state index contributed by atoms with van der Waals surface area (Å²) in [4.78, 5) is 34.2. The molecule has 1 fully saturated rings. The van der Waals surface area contributed by atoms with Crippen LogP contribution < -0.4 is 10.2 Å². The summed E-state index contributed by atoms with van der Waals surface area (Å²) in [6, 6.07) is 7.40. The number of amides is 3. The van der Waals surface area contributed by atoms with Gasteiger partial charge in [0.25, 0.3) is 0 Å². The van der Waals surface area contributed by atoms with Crippen molar-refractivity contribution in [2.24, 2.45) is 5.92 Å². The number of aliphatic hydroxyl groups excluding tert-OH is 1. The average molecular weight is 557 g/mol. The molecule has 0 radical (unpaired) electrons. The molecular weight excluding hydrogens is 512 g/mol. The van der Waals surface area contributed by atoms with Crippen molar-refractivity contribution in [2.45, 2.75) is 52.0 Å². The van der Waals surface area contributed by atoms with Gasteiger partial charge in [-0.3, -0.25) is 9.48 Å². The maximum atomic E-state index is 13.1. The van der Waals surface area contributed by atoms with Gasteiger partial charge in [-0.1, -0.05) is 12.1 Å². The minimum atomic E-state index is -0.373. The summed E-state index contributed by atoms with van der Waals surface area (Å²) in [7, 11) is 3.87. The zero-order valence-electron chi connectivity index (χ0n) is 24.2. The van der Waals surface area contributed by atoms with E-state index in [-0.39, 0.29) is 43.2 Å². The number of aliphatic hydroxyl groups is 1. The molecule has 2 N–H and O–H groups in total. The highest BCUT2D eigenvalue weighted by Crippen LogP contribution is 2.21. The second kappa shape index (κ2) is 13.9. The summed E-state index contributed by atoms with van der Waals surface area (Å²) in [6.07, 6.45) is 2.45. The van der Waals surface area contributed by atoms with Gasteiger partial charge in [0.2, 0.25) is 5.91 Å². The van der Waals surface area contributed by atoms with Crippen LogP contribution in [0.25, 0.3) is 0 Å². The average Bonchev–Trinajstić information content (AvgIpc) is 3.41. The van der Waals surface area contributed by atoms with Crippen molar-refractivity contribution in [2.75, 3.05) is 70.2 Å². The van der Waals surface area contributed by atoms with E-state index >= 15 is 0 Å². The highest BCUT2D eigenvalue weighted by atomic mass is 16.5. The third-order valence-electron chi connectivity index (χ3n) is 7.83. The molecule has 2 aromatic rings. The molecule has 1 saturated heterocycles. The maximum absolute atomic E-state index is 13.1. The third-order valence-corrected chi connectivity index (χ3v) is 7.83. The molecule has 12 heteroatoms. The second-order valence-corrected chi connectivity index (χ2v) is 11.1. The molecule has 2 aliphatic rings. The van der Waals surface area contributed by atoms with Crippen LogP contribution in [0.1, 0.15) is 32.4 Å². The Kier molecular flexibility index (Phi) is 10.3. The Morgan fingerprint density at radius 2 is 1.93 bits per heavy atom. The largest absolute Gasteiger partial charge is 0.394 e. The van der Waals surface area contributed by atoms with E-state index < -0.39 is 0 Å². The fourth-order valence-corrected chi connectivity index (χ4v) is 5.09. The monoisotopic (exact) mass is 556 g/mol. The lowest BCUT2D eigenvalue weighted by atomic mass is 10.0. The Hall–Kier alpha value is -3.22. The van der Waals surface area contributed by atoms with Crippen LogP contribution in [0, 0.1) is 5.92 Å². The molecule has 3 amide bonds. The van der Waals surface area contributed by atoms with Crippen molar-refractivity contribution in [1.82, 2.24) is 29.7 Å². The lowest BCUT2D eigenvalue weighted by molar-refractivity contribution is -0.136. The molecule has 2 bridgehead atoms. The number of ether oxygens (including phenoxy) is 1. The van der Waals surface area contributed by atoms with E-state index in [2.05, 4.69) is 32.5 Å². The van der Waals surface area contributed by atoms with E-state index in [1.807, 2.05) is 44.3 Å². The standard InChI is InChI=1S/C28H44N8O4/c1-21-16-36(22(2)19-37)27(38)6-5-11-35-17-24(30-31-35)20-40-26(21)18-33(4)28(39)29-23-7-9-25(10-8-23)34-14-12-32(3)13-15-34/h7-10,17,21-22,26,37H,5-6,11-16,18-20H2,1-4H3,(H,29,39)/t21-,22+,26-/m0/s1. The summed E-state index contributed by atoms with van der Waals surface area (Å²) in [5.41, 5.74) is 2.58. The number of carbonyl (C=O) groups excluding carboxylic acids is 2. The van der Waals surface area contributed by atoms with Crippen LogP contribution in [0.4, 0.5) is 16.2 Å². The molecule has 1 aromatic carbocycles. The number of likely N-dealkylation sites (N-methyl/N-ethyl adjacent to an activating group) is 2. The summed E-state index contributed by atoms with van der Waals surface area (Å²) in [6.45, 7) is 9.34. The van der Waals surface area contributed by atoms with Crippen LogP contribution in [-0.2, 0) is 22.7 Å². The molecule has 40 heavy (non-hydrogen) atoms. The number of anilines is 2. The SMILES string of the molecule is C[C@H](CO)N1C[C@H](C)[C@H](CN(C)C(=O)Nc2ccc(N3CCN(C)CC3)cc2)OCc2cn(nn2)CCCC1=O. The Morgan fingerprint density at radius 1 is 1.20 bits per heavy atom. The molecule has 0 unspecified atom stereocenters. The highest BCUT2D eigenvalue weighted by molar-refractivity contribution is 5.89. The smallest absolute Gasteiger partial charge is 0.321 e. The molecule has 1 aromatic heterocycles. The van der Waals surface area contributed by atoms with Crippen LogP contribution in [0.2, 0.25) is 0 Å². The number of nitrogens with one attached hydrogen (secondary N) is 1. The molecule has 12 nitrogen and oxygen atoms in total. The molecule has 2 aliphatic heterocycles.